The fourth-order valence-electron chi connectivity index (χ4n) is 13.1. The summed E-state index contributed by atoms with van der Waals surface area (Å²) in [5, 5.41) is 0. The number of hydrogen-bond acceptors (Lipinski definition) is 4. The zero-order valence-corrected chi connectivity index (χ0v) is 38.2. The van der Waals surface area contributed by atoms with E-state index >= 15 is 0 Å². The van der Waals surface area contributed by atoms with Gasteiger partial charge in [0.1, 0.15) is 0 Å². The predicted molar refractivity (Wildman–Crippen MR) is 265 cm³/mol. The molecule has 0 spiro atoms. The second-order valence-corrected chi connectivity index (χ2v) is 20.7. The van der Waals surface area contributed by atoms with Gasteiger partial charge in [-0.25, -0.2) is 0 Å². The van der Waals surface area contributed by atoms with Gasteiger partial charge in [-0.2, -0.15) is 0 Å². The Morgan fingerprint density at radius 1 is 0.355 bits per heavy atom. The van der Waals surface area contributed by atoms with E-state index in [1.807, 2.05) is 0 Å². The third kappa shape index (κ3) is 4.18. The van der Waals surface area contributed by atoms with E-state index in [0.29, 0.717) is 0 Å². The van der Waals surface area contributed by atoms with Crippen molar-refractivity contribution < 1.29 is 0 Å². The predicted octanol–water partition coefficient (Wildman–Crippen LogP) is 12.8. The van der Waals surface area contributed by atoms with Gasteiger partial charge in [-0.1, -0.05) is 98.5 Å². The summed E-state index contributed by atoms with van der Waals surface area (Å²) in [6.07, 6.45) is 0. The normalized spacial score (nSPS) is 16.8. The van der Waals surface area contributed by atoms with Gasteiger partial charge in [0.2, 0.25) is 0 Å². The SMILES string of the molecule is Cc1ccc2c(c1)-c1cc3c(cc1B1N2c2cc(C)c(C)c4c2N1c1ccc(C)cc1C4(C)C)-c1cc(C)ccc1N1B3N2c3ccc(C)cc3C(C)(C)c3c(C)c(C)cc1c32. The molecule has 0 radical (unpaired) electrons. The minimum absolute atomic E-state index is 0.0542. The minimum Gasteiger partial charge on any atom is -0.359 e. The summed E-state index contributed by atoms with van der Waals surface area (Å²) in [6.45, 7) is 28.0. The molecule has 0 amide bonds. The molecule has 0 aliphatic carbocycles. The number of hydrogen-bond donors (Lipinski definition) is 0. The largest absolute Gasteiger partial charge is 0.421 e. The molecule has 6 heteroatoms. The summed E-state index contributed by atoms with van der Waals surface area (Å²) in [5.41, 5.74) is 34.7. The van der Waals surface area contributed by atoms with Crippen LogP contribution in [-0.4, -0.2) is 14.0 Å². The summed E-state index contributed by atoms with van der Waals surface area (Å²) in [5.74, 6) is 0. The summed E-state index contributed by atoms with van der Waals surface area (Å²) >= 11 is 0. The van der Waals surface area contributed by atoms with E-state index in [0.717, 1.165) is 0 Å². The lowest BCUT2D eigenvalue weighted by Crippen LogP contribution is -2.60. The molecule has 302 valence electrons. The van der Waals surface area contributed by atoms with Gasteiger partial charge in [-0.05, 0) is 170 Å². The Morgan fingerprint density at radius 2 is 0.710 bits per heavy atom. The first-order valence-corrected chi connectivity index (χ1v) is 22.7. The minimum atomic E-state index is -0.160. The van der Waals surface area contributed by atoms with Gasteiger partial charge in [0.15, 0.2) is 0 Å². The highest BCUT2D eigenvalue weighted by Gasteiger charge is 2.57. The van der Waals surface area contributed by atoms with Gasteiger partial charge in [-0.3, -0.25) is 0 Å². The third-order valence-corrected chi connectivity index (χ3v) is 16.2. The van der Waals surface area contributed by atoms with Crippen LogP contribution in [-0.2, 0) is 10.8 Å². The average molecular weight is 803 g/mol. The zero-order valence-electron chi connectivity index (χ0n) is 38.2. The average Bonchev–Trinajstić information content (AvgIpc) is 3.73. The number of rotatable bonds is 0. The molecule has 0 aromatic heterocycles. The van der Waals surface area contributed by atoms with Crippen molar-refractivity contribution >= 4 is 70.4 Å². The molecular weight excluding hydrogens is 750 g/mol. The Morgan fingerprint density at radius 3 is 1.10 bits per heavy atom. The second-order valence-electron chi connectivity index (χ2n) is 20.7. The van der Waals surface area contributed by atoms with E-state index in [1.54, 1.807) is 0 Å². The smallest absolute Gasteiger partial charge is 0.359 e. The van der Waals surface area contributed by atoms with Crippen molar-refractivity contribution in [2.24, 2.45) is 0 Å². The molecule has 4 nitrogen and oxygen atoms in total. The first-order chi connectivity index (χ1) is 29.6. The molecule has 6 aliphatic rings. The van der Waals surface area contributed by atoms with Crippen LogP contribution in [0.25, 0.3) is 22.3 Å². The second kappa shape index (κ2) is 11.5. The highest BCUT2D eigenvalue weighted by atomic mass is 15.3. The Kier molecular flexibility index (Phi) is 6.75. The lowest BCUT2D eigenvalue weighted by Gasteiger charge is -2.45. The molecule has 0 fully saturated rings. The van der Waals surface area contributed by atoms with E-state index in [1.165, 1.54) is 145 Å². The molecule has 6 aliphatic heterocycles. The van der Waals surface area contributed by atoms with Crippen molar-refractivity contribution in [1.82, 2.24) is 0 Å². The zero-order chi connectivity index (χ0) is 42.8. The van der Waals surface area contributed by atoms with Crippen molar-refractivity contribution in [3.8, 4) is 22.3 Å². The molecule has 7 aromatic rings. The monoisotopic (exact) mass is 802 g/mol. The number of anilines is 8. The molecule has 0 saturated carbocycles. The summed E-state index contributed by atoms with van der Waals surface area (Å²) < 4.78 is 0. The van der Waals surface area contributed by atoms with Crippen LogP contribution < -0.4 is 30.2 Å². The summed E-state index contributed by atoms with van der Waals surface area (Å²) in [4.78, 5) is 10.8. The molecule has 6 heterocycles. The molecule has 0 unspecified atom stereocenters. The standard InChI is InChI=1S/C56H52B2N4/c1-29-13-17-45-39(21-29)37-27-44-38(28-43(37)57-59(45)49-25-33(5)35(7)51-53(49)61(57)47-19-15-31(3)23-41(47)55(51,9)10)40-22-30(2)14-18-46(40)60-50-26-34(6)36(8)52-54(50)62(58(44)60)48-20-16-32(4)24-42(48)56(52,11)12/h13-28H,1-12H3. The Labute approximate surface area is 368 Å². The molecule has 0 bridgehead atoms. The molecule has 0 N–H and O–H groups in total. The van der Waals surface area contributed by atoms with Crippen LogP contribution in [0.3, 0.4) is 0 Å². The van der Waals surface area contributed by atoms with E-state index in [2.05, 4.69) is 199 Å². The van der Waals surface area contributed by atoms with Crippen LogP contribution in [0, 0.1) is 55.4 Å². The van der Waals surface area contributed by atoms with Crippen LogP contribution in [0.2, 0.25) is 0 Å². The summed E-state index contributed by atoms with van der Waals surface area (Å²) in [7, 11) is 0. The lowest BCUT2D eigenvalue weighted by atomic mass is 9.53. The van der Waals surface area contributed by atoms with Gasteiger partial charge >= 0.3 is 14.0 Å². The maximum atomic E-state index is 2.73. The first-order valence-electron chi connectivity index (χ1n) is 22.7. The van der Waals surface area contributed by atoms with Gasteiger partial charge in [0.25, 0.3) is 0 Å². The Bertz CT molecular complexity index is 3070. The topological polar surface area (TPSA) is 13.0 Å². The van der Waals surface area contributed by atoms with Crippen LogP contribution in [0.5, 0.6) is 0 Å². The van der Waals surface area contributed by atoms with Gasteiger partial charge < -0.3 is 19.2 Å². The van der Waals surface area contributed by atoms with Crippen LogP contribution in [0.4, 0.5) is 45.5 Å². The molecule has 0 saturated heterocycles. The molecule has 13 rings (SSSR count). The van der Waals surface area contributed by atoms with Crippen molar-refractivity contribution in [3.63, 3.8) is 0 Å². The van der Waals surface area contributed by atoms with E-state index in [4.69, 9.17) is 0 Å². The van der Waals surface area contributed by atoms with Gasteiger partial charge in [0.05, 0.1) is 22.7 Å². The Hall–Kier alpha value is -6.13. The summed E-state index contributed by atoms with van der Waals surface area (Å²) in [6, 6.07) is 38.9. The highest BCUT2D eigenvalue weighted by Crippen LogP contribution is 2.63. The van der Waals surface area contributed by atoms with Gasteiger partial charge in [0, 0.05) is 44.7 Å². The van der Waals surface area contributed by atoms with E-state index in [-0.39, 0.29) is 24.8 Å². The van der Waals surface area contributed by atoms with Crippen molar-refractivity contribution in [2.45, 2.75) is 93.9 Å². The maximum absolute atomic E-state index is 2.73. The number of nitrogens with zero attached hydrogens (tertiary/aromatic N) is 4. The van der Waals surface area contributed by atoms with Crippen LogP contribution >= 0.6 is 0 Å². The Balaban J connectivity index is 1.14. The van der Waals surface area contributed by atoms with Crippen molar-refractivity contribution in [3.05, 3.63) is 164 Å². The van der Waals surface area contributed by atoms with Gasteiger partial charge in [-0.15, -0.1) is 0 Å². The molecule has 62 heavy (non-hydrogen) atoms. The van der Waals surface area contributed by atoms with E-state index < -0.39 is 0 Å². The van der Waals surface area contributed by atoms with Crippen LogP contribution in [0.15, 0.2) is 97.1 Å². The first kappa shape index (κ1) is 36.5. The fraction of sp³-hybridized carbons (Fsp3) is 0.250. The van der Waals surface area contributed by atoms with Crippen molar-refractivity contribution in [2.75, 3.05) is 19.2 Å². The quantitative estimate of drug-likeness (QED) is 0.142. The number of benzene rings is 7. The van der Waals surface area contributed by atoms with Crippen molar-refractivity contribution in [1.29, 1.82) is 0 Å². The molecular formula is C56H52B2N4. The maximum Gasteiger partial charge on any atom is 0.421 e. The van der Waals surface area contributed by atoms with E-state index in [9.17, 15) is 0 Å². The van der Waals surface area contributed by atoms with Crippen LogP contribution in [0.1, 0.15) is 94.5 Å². The lowest BCUT2D eigenvalue weighted by molar-refractivity contribution is 0.628. The highest BCUT2D eigenvalue weighted by molar-refractivity contribution is 6.89. The molecule has 7 aromatic carbocycles. The number of fused-ring (bicyclic) bond motifs is 20. The third-order valence-electron chi connectivity index (χ3n) is 16.2. The fourth-order valence-corrected chi connectivity index (χ4v) is 13.1. The molecule has 0 atom stereocenters. The number of aryl methyl sites for hydroxylation is 6.